The highest BCUT2D eigenvalue weighted by Crippen LogP contribution is 2.22. The fourth-order valence-electron chi connectivity index (χ4n) is 1.61. The third-order valence-electron chi connectivity index (χ3n) is 2.58. The van der Waals surface area contributed by atoms with E-state index in [0.29, 0.717) is 10.0 Å². The average Bonchev–Trinajstić information content (AvgIpc) is 2.41. The normalized spacial score (nSPS) is 10.2. The first-order valence-electron chi connectivity index (χ1n) is 5.78. The zero-order valence-electron chi connectivity index (χ0n) is 10.1. The number of ether oxygens (including phenoxy) is 1. The predicted octanol–water partition coefficient (Wildman–Crippen LogP) is 4.28. The van der Waals surface area contributed by atoms with Gasteiger partial charge in [-0.05, 0) is 23.3 Å². The first kappa shape index (κ1) is 13.9. The first-order valence-corrected chi connectivity index (χ1v) is 6.54. The van der Waals surface area contributed by atoms with Crippen molar-refractivity contribution in [2.24, 2.45) is 0 Å². The van der Waals surface area contributed by atoms with E-state index in [1.807, 2.05) is 30.3 Å². The van der Waals surface area contributed by atoms with E-state index in [1.165, 1.54) is 0 Å². The van der Waals surface area contributed by atoms with Gasteiger partial charge >= 0.3 is 5.97 Å². The minimum Gasteiger partial charge on any atom is -0.461 e. The molecule has 2 aromatic rings. The van der Waals surface area contributed by atoms with E-state index < -0.39 is 0 Å². The van der Waals surface area contributed by atoms with Crippen LogP contribution in [0.2, 0.25) is 10.0 Å². The van der Waals surface area contributed by atoms with Gasteiger partial charge in [-0.2, -0.15) is 0 Å². The molecule has 0 amide bonds. The van der Waals surface area contributed by atoms with Gasteiger partial charge < -0.3 is 4.74 Å². The molecule has 0 fully saturated rings. The number of rotatable bonds is 4. The van der Waals surface area contributed by atoms with Crippen molar-refractivity contribution in [3.63, 3.8) is 0 Å². The van der Waals surface area contributed by atoms with E-state index in [-0.39, 0.29) is 19.0 Å². The smallest absolute Gasteiger partial charge is 0.310 e. The molecule has 0 unspecified atom stereocenters. The molecule has 0 saturated heterocycles. The lowest BCUT2D eigenvalue weighted by Gasteiger charge is -2.06. The summed E-state index contributed by atoms with van der Waals surface area (Å²) in [6.07, 6.45) is 0.266. The van der Waals surface area contributed by atoms with Crippen molar-refractivity contribution in [1.29, 1.82) is 0 Å². The van der Waals surface area contributed by atoms with Gasteiger partial charge in [0.15, 0.2) is 0 Å². The average molecular weight is 295 g/mol. The van der Waals surface area contributed by atoms with Crippen LogP contribution in [-0.2, 0) is 22.6 Å². The van der Waals surface area contributed by atoms with Crippen LogP contribution >= 0.6 is 23.2 Å². The lowest BCUT2D eigenvalue weighted by atomic mass is 10.1. The van der Waals surface area contributed by atoms with Gasteiger partial charge in [-0.25, -0.2) is 0 Å². The van der Waals surface area contributed by atoms with Crippen molar-refractivity contribution in [2.75, 3.05) is 0 Å². The monoisotopic (exact) mass is 294 g/mol. The molecular formula is C15H12Cl2O2. The maximum atomic E-state index is 11.7. The Hall–Kier alpha value is -1.51. The maximum absolute atomic E-state index is 11.7. The second kappa shape index (κ2) is 6.60. The predicted molar refractivity (Wildman–Crippen MR) is 76.4 cm³/mol. The Labute approximate surface area is 121 Å². The van der Waals surface area contributed by atoms with E-state index in [1.54, 1.807) is 18.2 Å². The molecule has 2 rings (SSSR count). The van der Waals surface area contributed by atoms with Gasteiger partial charge in [-0.1, -0.05) is 59.6 Å². The van der Waals surface area contributed by atoms with E-state index in [9.17, 15) is 4.79 Å². The largest absolute Gasteiger partial charge is 0.461 e. The van der Waals surface area contributed by atoms with Crippen molar-refractivity contribution >= 4 is 29.2 Å². The molecule has 0 radical (unpaired) electrons. The molecule has 2 nitrogen and oxygen atoms in total. The molecule has 0 aromatic heterocycles. The van der Waals surface area contributed by atoms with E-state index in [4.69, 9.17) is 27.9 Å². The molecule has 0 atom stereocenters. The highest BCUT2D eigenvalue weighted by Gasteiger charge is 2.06. The van der Waals surface area contributed by atoms with Crippen LogP contribution in [0.25, 0.3) is 0 Å². The summed E-state index contributed by atoms with van der Waals surface area (Å²) in [7, 11) is 0. The minimum absolute atomic E-state index is 0.197. The molecular weight excluding hydrogens is 283 g/mol. The Morgan fingerprint density at radius 1 is 0.947 bits per heavy atom. The van der Waals surface area contributed by atoms with Crippen LogP contribution in [0.5, 0.6) is 0 Å². The molecule has 2 aromatic carbocycles. The van der Waals surface area contributed by atoms with Crippen molar-refractivity contribution < 1.29 is 9.53 Å². The molecule has 0 spiro atoms. The van der Waals surface area contributed by atoms with Gasteiger partial charge in [0.2, 0.25) is 0 Å². The summed E-state index contributed by atoms with van der Waals surface area (Å²) < 4.78 is 5.19. The zero-order valence-corrected chi connectivity index (χ0v) is 11.6. The van der Waals surface area contributed by atoms with E-state index in [0.717, 1.165) is 11.1 Å². The van der Waals surface area contributed by atoms with Crippen LogP contribution in [0.15, 0.2) is 48.5 Å². The molecule has 0 N–H and O–H groups in total. The minimum atomic E-state index is -0.266. The van der Waals surface area contributed by atoms with E-state index in [2.05, 4.69) is 0 Å². The van der Waals surface area contributed by atoms with Gasteiger partial charge in [0, 0.05) is 0 Å². The molecule has 0 aliphatic rings. The summed E-state index contributed by atoms with van der Waals surface area (Å²) in [6, 6.07) is 14.6. The lowest BCUT2D eigenvalue weighted by Crippen LogP contribution is -2.07. The van der Waals surface area contributed by atoms with Crippen molar-refractivity contribution in [3.8, 4) is 0 Å². The van der Waals surface area contributed by atoms with Crippen LogP contribution in [-0.4, -0.2) is 5.97 Å². The highest BCUT2D eigenvalue weighted by atomic mass is 35.5. The molecule has 0 aliphatic heterocycles. The van der Waals surface area contributed by atoms with Gasteiger partial charge in [-0.3, -0.25) is 4.79 Å². The quantitative estimate of drug-likeness (QED) is 0.787. The number of hydrogen-bond acceptors (Lipinski definition) is 2. The lowest BCUT2D eigenvalue weighted by molar-refractivity contribution is -0.144. The Morgan fingerprint density at radius 2 is 1.68 bits per heavy atom. The number of benzene rings is 2. The number of carbonyl (C=O) groups is 1. The summed E-state index contributed by atoms with van der Waals surface area (Å²) in [6.45, 7) is 0.197. The van der Waals surface area contributed by atoms with Crippen LogP contribution < -0.4 is 0 Å². The summed E-state index contributed by atoms with van der Waals surface area (Å²) in [5, 5.41) is 0.944. The molecule has 4 heteroatoms. The third-order valence-corrected chi connectivity index (χ3v) is 3.31. The van der Waals surface area contributed by atoms with Gasteiger partial charge in [-0.15, -0.1) is 0 Å². The summed E-state index contributed by atoms with van der Waals surface area (Å²) in [5.74, 6) is -0.266. The van der Waals surface area contributed by atoms with Crippen LogP contribution in [0, 0.1) is 0 Å². The van der Waals surface area contributed by atoms with Crippen LogP contribution in [0.1, 0.15) is 11.1 Å². The molecule has 0 bridgehead atoms. The highest BCUT2D eigenvalue weighted by molar-refractivity contribution is 6.42. The van der Waals surface area contributed by atoms with Crippen LogP contribution in [0.4, 0.5) is 0 Å². The topological polar surface area (TPSA) is 26.3 Å². The second-order valence-electron chi connectivity index (χ2n) is 4.07. The summed E-state index contributed by atoms with van der Waals surface area (Å²) in [4.78, 5) is 11.7. The van der Waals surface area contributed by atoms with Gasteiger partial charge in [0.1, 0.15) is 6.61 Å². The second-order valence-corrected chi connectivity index (χ2v) is 4.89. The standard InChI is InChI=1S/C15H12Cl2O2/c16-13-7-6-12(8-14(13)17)10-19-15(18)9-11-4-2-1-3-5-11/h1-8H,9-10H2. The third kappa shape index (κ3) is 4.27. The molecule has 0 aliphatic carbocycles. The first-order chi connectivity index (χ1) is 9.15. The SMILES string of the molecule is O=C(Cc1ccccc1)OCc1ccc(Cl)c(Cl)c1. The Kier molecular flexibility index (Phi) is 4.83. The Balaban J connectivity index is 1.88. The van der Waals surface area contributed by atoms with Crippen molar-refractivity contribution in [1.82, 2.24) is 0 Å². The van der Waals surface area contributed by atoms with Gasteiger partial charge in [0.05, 0.1) is 16.5 Å². The van der Waals surface area contributed by atoms with Crippen LogP contribution in [0.3, 0.4) is 0 Å². The van der Waals surface area contributed by atoms with Crippen molar-refractivity contribution in [3.05, 3.63) is 69.7 Å². The Morgan fingerprint density at radius 3 is 2.37 bits per heavy atom. The fourth-order valence-corrected chi connectivity index (χ4v) is 1.93. The zero-order chi connectivity index (χ0) is 13.7. The molecule has 0 heterocycles. The summed E-state index contributed by atoms with van der Waals surface area (Å²) >= 11 is 11.7. The number of hydrogen-bond donors (Lipinski definition) is 0. The number of halogens is 2. The molecule has 98 valence electrons. The number of carbonyl (C=O) groups excluding carboxylic acids is 1. The molecule has 0 saturated carbocycles. The summed E-state index contributed by atoms with van der Waals surface area (Å²) in [5.41, 5.74) is 1.75. The van der Waals surface area contributed by atoms with E-state index >= 15 is 0 Å². The number of esters is 1. The van der Waals surface area contributed by atoms with Gasteiger partial charge in [0.25, 0.3) is 0 Å². The maximum Gasteiger partial charge on any atom is 0.310 e. The fraction of sp³-hybridized carbons (Fsp3) is 0.133. The Bertz CT molecular complexity index is 568. The molecule has 19 heavy (non-hydrogen) atoms. The van der Waals surface area contributed by atoms with Crippen molar-refractivity contribution in [2.45, 2.75) is 13.0 Å².